The molecule has 0 saturated carbocycles. The molecule has 84 valence electrons. The summed E-state index contributed by atoms with van der Waals surface area (Å²) >= 11 is 1.08. The first-order chi connectivity index (χ1) is 6.95. The number of thiazole rings is 1. The summed E-state index contributed by atoms with van der Waals surface area (Å²) in [6.07, 6.45) is 0. The van der Waals surface area contributed by atoms with Crippen molar-refractivity contribution in [3.63, 3.8) is 0 Å². The highest BCUT2D eigenvalue weighted by Gasteiger charge is 2.26. The number of nitrogens with one attached hydrogen (secondary N) is 2. The number of carbonyl (C=O) groups excluding carboxylic acids is 1. The summed E-state index contributed by atoms with van der Waals surface area (Å²) in [6, 6.07) is 0. The van der Waals surface area contributed by atoms with Crippen molar-refractivity contribution < 1.29 is 9.53 Å². The Morgan fingerprint density at radius 3 is 2.80 bits per heavy atom. The Bertz CT molecular complexity index is 394. The van der Waals surface area contributed by atoms with Crippen molar-refractivity contribution in [3.05, 3.63) is 20.7 Å². The first kappa shape index (κ1) is 11.9. The number of rotatable bonds is 4. The highest BCUT2D eigenvalue weighted by atomic mass is 32.1. The van der Waals surface area contributed by atoms with Crippen molar-refractivity contribution in [3.8, 4) is 0 Å². The molecule has 1 aromatic heterocycles. The molecule has 1 amide bonds. The molecule has 15 heavy (non-hydrogen) atoms. The number of aromatic nitrogens is 1. The first-order valence-electron chi connectivity index (χ1n) is 4.46. The van der Waals surface area contributed by atoms with Gasteiger partial charge < -0.3 is 15.0 Å². The molecule has 0 spiro atoms. The van der Waals surface area contributed by atoms with Crippen LogP contribution in [0.25, 0.3) is 0 Å². The zero-order valence-corrected chi connectivity index (χ0v) is 9.73. The van der Waals surface area contributed by atoms with Crippen LogP contribution in [0.4, 0.5) is 0 Å². The van der Waals surface area contributed by atoms with Gasteiger partial charge in [-0.2, -0.15) is 0 Å². The number of hydrogen-bond acceptors (Lipinski definition) is 4. The Kier molecular flexibility index (Phi) is 3.65. The third-order valence-electron chi connectivity index (χ3n) is 2.07. The normalized spacial score (nSPS) is 11.4. The van der Waals surface area contributed by atoms with Crippen LogP contribution in [-0.4, -0.2) is 23.6 Å². The van der Waals surface area contributed by atoms with Gasteiger partial charge >= 0.3 is 4.87 Å². The lowest BCUT2D eigenvalue weighted by molar-refractivity contribution is -0.139. The fraction of sp³-hybridized carbons (Fsp3) is 0.556. The molecule has 1 heterocycles. The zero-order valence-electron chi connectivity index (χ0n) is 8.92. The summed E-state index contributed by atoms with van der Waals surface area (Å²) in [7, 11) is 1.48. The van der Waals surface area contributed by atoms with Gasteiger partial charge in [-0.05, 0) is 13.8 Å². The van der Waals surface area contributed by atoms with E-state index < -0.39 is 5.60 Å². The van der Waals surface area contributed by atoms with Crippen LogP contribution in [0.15, 0.2) is 10.2 Å². The molecule has 5 nitrogen and oxygen atoms in total. The third-order valence-corrected chi connectivity index (χ3v) is 2.79. The molecular formula is C9H14N2O3S. The standard InChI is InChI=1S/C9H14N2O3S/c1-9(2,14-3)7(12)10-4-6-5-15-8(13)11-6/h5H,4H2,1-3H3,(H,10,12)(H,11,13). The maximum Gasteiger partial charge on any atom is 0.304 e. The minimum Gasteiger partial charge on any atom is -0.369 e. The summed E-state index contributed by atoms with van der Waals surface area (Å²) in [6.45, 7) is 3.67. The number of ether oxygens (including phenoxy) is 1. The van der Waals surface area contributed by atoms with Crippen molar-refractivity contribution in [1.82, 2.24) is 10.3 Å². The predicted octanol–water partition coefficient (Wildman–Crippen LogP) is 0.478. The summed E-state index contributed by atoms with van der Waals surface area (Å²) in [5.74, 6) is -0.211. The van der Waals surface area contributed by atoms with Crippen molar-refractivity contribution in [1.29, 1.82) is 0 Å². The summed E-state index contributed by atoms with van der Waals surface area (Å²) in [5, 5.41) is 4.36. The van der Waals surface area contributed by atoms with E-state index in [-0.39, 0.29) is 10.8 Å². The van der Waals surface area contributed by atoms with Crippen molar-refractivity contribution in [2.75, 3.05) is 7.11 Å². The van der Waals surface area contributed by atoms with Crippen LogP contribution in [0.1, 0.15) is 19.5 Å². The van der Waals surface area contributed by atoms with Crippen LogP contribution >= 0.6 is 11.3 Å². The van der Waals surface area contributed by atoms with Crippen LogP contribution in [0.3, 0.4) is 0 Å². The lowest BCUT2D eigenvalue weighted by atomic mass is 10.1. The fourth-order valence-electron chi connectivity index (χ4n) is 0.882. The largest absolute Gasteiger partial charge is 0.369 e. The highest BCUT2D eigenvalue weighted by molar-refractivity contribution is 7.07. The van der Waals surface area contributed by atoms with Gasteiger partial charge in [0, 0.05) is 18.2 Å². The topological polar surface area (TPSA) is 71.2 Å². The summed E-state index contributed by atoms with van der Waals surface area (Å²) < 4.78 is 5.01. The first-order valence-corrected chi connectivity index (χ1v) is 5.34. The van der Waals surface area contributed by atoms with Crippen molar-refractivity contribution in [2.24, 2.45) is 0 Å². The molecule has 1 aromatic rings. The van der Waals surface area contributed by atoms with Gasteiger partial charge in [-0.25, -0.2) is 0 Å². The van der Waals surface area contributed by atoms with E-state index in [0.29, 0.717) is 12.2 Å². The quantitative estimate of drug-likeness (QED) is 0.790. The Morgan fingerprint density at radius 2 is 2.33 bits per heavy atom. The van der Waals surface area contributed by atoms with E-state index in [0.717, 1.165) is 11.3 Å². The molecule has 6 heteroatoms. The monoisotopic (exact) mass is 230 g/mol. The van der Waals surface area contributed by atoms with Crippen molar-refractivity contribution >= 4 is 17.2 Å². The minimum absolute atomic E-state index is 0.120. The van der Waals surface area contributed by atoms with Gasteiger partial charge in [-0.1, -0.05) is 11.3 Å². The smallest absolute Gasteiger partial charge is 0.304 e. The molecule has 0 aliphatic rings. The molecule has 0 radical (unpaired) electrons. The van der Waals surface area contributed by atoms with Crippen LogP contribution in [0.2, 0.25) is 0 Å². The van der Waals surface area contributed by atoms with E-state index in [9.17, 15) is 9.59 Å². The van der Waals surface area contributed by atoms with Gasteiger partial charge in [0.15, 0.2) is 0 Å². The average Bonchev–Trinajstić information content (AvgIpc) is 2.60. The number of H-pyrrole nitrogens is 1. The molecule has 0 unspecified atom stereocenters. The van der Waals surface area contributed by atoms with E-state index in [1.54, 1.807) is 19.2 Å². The molecule has 1 rings (SSSR count). The number of methoxy groups -OCH3 is 1. The Balaban J connectivity index is 2.51. The van der Waals surface area contributed by atoms with Crippen LogP contribution in [0, 0.1) is 0 Å². The van der Waals surface area contributed by atoms with Gasteiger partial charge in [0.25, 0.3) is 5.91 Å². The number of hydrogen-bond donors (Lipinski definition) is 2. The molecule has 0 bridgehead atoms. The van der Waals surface area contributed by atoms with E-state index >= 15 is 0 Å². The number of aromatic amines is 1. The fourth-order valence-corrected chi connectivity index (χ4v) is 1.46. The second-order valence-electron chi connectivity index (χ2n) is 3.57. The second-order valence-corrected chi connectivity index (χ2v) is 4.41. The third kappa shape index (κ3) is 3.17. The Morgan fingerprint density at radius 1 is 1.67 bits per heavy atom. The maximum atomic E-state index is 11.6. The van der Waals surface area contributed by atoms with Gasteiger partial charge in [0.1, 0.15) is 5.60 Å². The van der Waals surface area contributed by atoms with Crippen LogP contribution in [-0.2, 0) is 16.1 Å². The molecule has 0 atom stereocenters. The molecule has 0 fully saturated rings. The molecule has 0 aromatic carbocycles. The summed E-state index contributed by atoms with van der Waals surface area (Å²) in [5.41, 5.74) is -0.152. The minimum atomic E-state index is -0.851. The molecule has 0 saturated heterocycles. The lowest BCUT2D eigenvalue weighted by Crippen LogP contribution is -2.43. The Labute approximate surface area is 91.5 Å². The second kappa shape index (κ2) is 4.59. The molecular weight excluding hydrogens is 216 g/mol. The lowest BCUT2D eigenvalue weighted by Gasteiger charge is -2.21. The molecule has 2 N–H and O–H groups in total. The SMILES string of the molecule is COC(C)(C)C(=O)NCc1csc(=O)[nH]1. The average molecular weight is 230 g/mol. The van der Waals surface area contributed by atoms with Crippen LogP contribution < -0.4 is 10.2 Å². The van der Waals surface area contributed by atoms with Crippen LogP contribution in [0.5, 0.6) is 0 Å². The summed E-state index contributed by atoms with van der Waals surface area (Å²) in [4.78, 5) is 24.9. The predicted molar refractivity (Wildman–Crippen MR) is 57.9 cm³/mol. The van der Waals surface area contributed by atoms with Gasteiger partial charge in [0.05, 0.1) is 6.54 Å². The highest BCUT2D eigenvalue weighted by Crippen LogP contribution is 2.07. The molecule has 0 aliphatic carbocycles. The van der Waals surface area contributed by atoms with Gasteiger partial charge in [-0.3, -0.25) is 9.59 Å². The van der Waals surface area contributed by atoms with Crippen molar-refractivity contribution in [2.45, 2.75) is 26.0 Å². The van der Waals surface area contributed by atoms with E-state index in [4.69, 9.17) is 4.74 Å². The zero-order chi connectivity index (χ0) is 11.5. The Hall–Kier alpha value is -1.14. The maximum absolute atomic E-state index is 11.6. The van der Waals surface area contributed by atoms with E-state index in [1.165, 1.54) is 7.11 Å². The van der Waals surface area contributed by atoms with E-state index in [2.05, 4.69) is 10.3 Å². The number of amides is 1. The van der Waals surface area contributed by atoms with E-state index in [1.807, 2.05) is 0 Å². The molecule has 0 aliphatic heterocycles. The number of carbonyl (C=O) groups is 1. The van der Waals surface area contributed by atoms with Gasteiger partial charge in [-0.15, -0.1) is 0 Å². The van der Waals surface area contributed by atoms with Gasteiger partial charge in [0.2, 0.25) is 0 Å².